The number of halogens is 1. The van der Waals surface area contributed by atoms with Crippen molar-refractivity contribution in [3.05, 3.63) is 51.1 Å². The Bertz CT molecular complexity index is 709. The number of nitrogens with zero attached hydrogens (tertiary/aromatic N) is 1. The Labute approximate surface area is 150 Å². The smallest absolute Gasteiger partial charge is 0.340 e. The van der Waals surface area contributed by atoms with E-state index in [4.69, 9.17) is 9.47 Å². The van der Waals surface area contributed by atoms with E-state index in [1.165, 1.54) is 0 Å². The van der Waals surface area contributed by atoms with E-state index in [0.29, 0.717) is 30.0 Å². The van der Waals surface area contributed by atoms with E-state index in [1.807, 2.05) is 24.3 Å². The maximum atomic E-state index is 12.8. The highest BCUT2D eigenvalue weighted by atomic mass is 79.9. The van der Waals surface area contributed by atoms with Gasteiger partial charge in [0.1, 0.15) is 0 Å². The van der Waals surface area contributed by atoms with Gasteiger partial charge in [-0.2, -0.15) is 0 Å². The van der Waals surface area contributed by atoms with Gasteiger partial charge < -0.3 is 14.4 Å². The van der Waals surface area contributed by atoms with Crippen LogP contribution in [-0.4, -0.2) is 43.6 Å². The zero-order chi connectivity index (χ0) is 17.7. The monoisotopic (exact) mass is 393 g/mol. The maximum absolute atomic E-state index is 12.8. The minimum atomic E-state index is -0.482. The number of benzene rings is 1. The van der Waals surface area contributed by atoms with Gasteiger partial charge in [-0.1, -0.05) is 28.1 Å². The van der Waals surface area contributed by atoms with Crippen molar-refractivity contribution in [1.29, 1.82) is 0 Å². The largest absolute Gasteiger partial charge is 0.462 e. The Morgan fingerprint density at radius 1 is 1.38 bits per heavy atom. The standard InChI is InChI=1S/C18H20BrNO4/c1-4-24-18(22)16-12(2)20(8-9-23-3)17(21)15(16)11-13-6-5-7-14(19)10-13/h5-7,10-11H,4,8-9H2,1-3H3/b15-11+. The molecule has 1 heterocycles. The number of carbonyl (C=O) groups is 2. The predicted molar refractivity (Wildman–Crippen MR) is 95.0 cm³/mol. The third-order valence-electron chi connectivity index (χ3n) is 3.67. The van der Waals surface area contributed by atoms with Crippen molar-refractivity contribution in [2.45, 2.75) is 13.8 Å². The van der Waals surface area contributed by atoms with Gasteiger partial charge in [-0.15, -0.1) is 0 Å². The fourth-order valence-corrected chi connectivity index (χ4v) is 2.96. The topological polar surface area (TPSA) is 55.8 Å². The molecule has 0 radical (unpaired) electrons. The van der Waals surface area contributed by atoms with E-state index in [1.54, 1.807) is 31.9 Å². The fraction of sp³-hybridized carbons (Fsp3) is 0.333. The molecule has 128 valence electrons. The van der Waals surface area contributed by atoms with E-state index < -0.39 is 5.97 Å². The molecule has 0 aromatic heterocycles. The summed E-state index contributed by atoms with van der Waals surface area (Å²) in [6.45, 7) is 4.53. The molecule has 0 spiro atoms. The summed E-state index contributed by atoms with van der Waals surface area (Å²) in [5.74, 6) is -0.697. The van der Waals surface area contributed by atoms with Gasteiger partial charge in [0.25, 0.3) is 5.91 Å². The molecule has 6 heteroatoms. The molecule has 0 saturated carbocycles. The Morgan fingerprint density at radius 3 is 2.75 bits per heavy atom. The summed E-state index contributed by atoms with van der Waals surface area (Å²) in [6, 6.07) is 7.53. The molecule has 1 aliphatic heterocycles. The van der Waals surface area contributed by atoms with Gasteiger partial charge in [0, 0.05) is 23.8 Å². The highest BCUT2D eigenvalue weighted by molar-refractivity contribution is 9.10. The highest BCUT2D eigenvalue weighted by Gasteiger charge is 2.36. The molecule has 1 amide bonds. The number of esters is 1. The molecule has 1 aromatic carbocycles. The van der Waals surface area contributed by atoms with Gasteiger partial charge >= 0.3 is 5.97 Å². The number of ether oxygens (including phenoxy) is 2. The molecule has 1 aliphatic rings. The van der Waals surface area contributed by atoms with Crippen LogP contribution >= 0.6 is 15.9 Å². The van der Waals surface area contributed by atoms with Crippen molar-refractivity contribution in [2.24, 2.45) is 0 Å². The van der Waals surface area contributed by atoms with Crippen molar-refractivity contribution >= 4 is 33.9 Å². The SMILES string of the molecule is CCOC(=O)C1=C(C)N(CCOC)C(=O)/C1=C/c1cccc(Br)c1. The summed E-state index contributed by atoms with van der Waals surface area (Å²) in [7, 11) is 1.57. The van der Waals surface area contributed by atoms with Crippen molar-refractivity contribution in [3.8, 4) is 0 Å². The second-order valence-electron chi connectivity index (χ2n) is 5.24. The van der Waals surface area contributed by atoms with Crippen molar-refractivity contribution < 1.29 is 19.1 Å². The second-order valence-corrected chi connectivity index (χ2v) is 6.16. The number of amides is 1. The summed E-state index contributed by atoms with van der Waals surface area (Å²) in [6.07, 6.45) is 1.72. The van der Waals surface area contributed by atoms with Crippen molar-refractivity contribution in [2.75, 3.05) is 26.9 Å². The Hall–Kier alpha value is -1.92. The Balaban J connectivity index is 2.46. The molecule has 2 rings (SSSR count). The molecule has 24 heavy (non-hydrogen) atoms. The van der Waals surface area contributed by atoms with Gasteiger partial charge in [0.05, 0.1) is 24.4 Å². The van der Waals surface area contributed by atoms with Gasteiger partial charge in [-0.3, -0.25) is 4.79 Å². The minimum absolute atomic E-state index is 0.215. The Morgan fingerprint density at radius 2 is 2.12 bits per heavy atom. The van der Waals surface area contributed by atoms with Crippen molar-refractivity contribution in [3.63, 3.8) is 0 Å². The van der Waals surface area contributed by atoms with Gasteiger partial charge in [-0.05, 0) is 37.6 Å². The van der Waals surface area contributed by atoms with Crippen LogP contribution in [0.2, 0.25) is 0 Å². The molecule has 0 aliphatic carbocycles. The first-order chi connectivity index (χ1) is 11.5. The normalized spacial score (nSPS) is 16.2. The summed E-state index contributed by atoms with van der Waals surface area (Å²) < 4.78 is 11.1. The number of methoxy groups -OCH3 is 1. The van der Waals surface area contributed by atoms with Gasteiger partial charge in [0.2, 0.25) is 0 Å². The van der Waals surface area contributed by atoms with Crippen LogP contribution in [0.15, 0.2) is 45.6 Å². The zero-order valence-electron chi connectivity index (χ0n) is 14.0. The average molecular weight is 394 g/mol. The van der Waals surface area contributed by atoms with E-state index in [-0.39, 0.29) is 12.5 Å². The first kappa shape index (κ1) is 18.4. The van der Waals surface area contributed by atoms with E-state index in [9.17, 15) is 9.59 Å². The van der Waals surface area contributed by atoms with Crippen LogP contribution in [0.1, 0.15) is 19.4 Å². The second kappa shape index (κ2) is 8.26. The molecular formula is C18H20BrNO4. The molecule has 0 bridgehead atoms. The summed E-state index contributed by atoms with van der Waals surface area (Å²) in [4.78, 5) is 26.7. The maximum Gasteiger partial charge on any atom is 0.340 e. The first-order valence-corrected chi connectivity index (χ1v) is 8.45. The third kappa shape index (κ3) is 3.94. The number of allylic oxidation sites excluding steroid dienone is 1. The molecule has 1 aromatic rings. The predicted octanol–water partition coefficient (Wildman–Crippen LogP) is 3.16. The van der Waals surface area contributed by atoms with Gasteiger partial charge in [-0.25, -0.2) is 4.79 Å². The van der Waals surface area contributed by atoms with Crippen molar-refractivity contribution in [1.82, 2.24) is 4.90 Å². The van der Waals surface area contributed by atoms with Gasteiger partial charge in [0.15, 0.2) is 0 Å². The van der Waals surface area contributed by atoms with Crippen LogP contribution in [-0.2, 0) is 19.1 Å². The number of rotatable bonds is 6. The molecule has 0 N–H and O–H groups in total. The van der Waals surface area contributed by atoms with E-state index in [0.717, 1.165) is 10.0 Å². The van der Waals surface area contributed by atoms with Crippen LogP contribution in [0.3, 0.4) is 0 Å². The summed E-state index contributed by atoms with van der Waals surface area (Å²) in [5, 5.41) is 0. The summed E-state index contributed by atoms with van der Waals surface area (Å²) >= 11 is 3.41. The van der Waals surface area contributed by atoms with Crippen LogP contribution in [0, 0.1) is 0 Å². The first-order valence-electron chi connectivity index (χ1n) is 7.66. The average Bonchev–Trinajstić information content (AvgIpc) is 2.76. The lowest BCUT2D eigenvalue weighted by molar-refractivity contribution is -0.138. The Kier molecular flexibility index (Phi) is 6.34. The molecule has 0 unspecified atom stereocenters. The lowest BCUT2D eigenvalue weighted by atomic mass is 10.0. The number of carbonyl (C=O) groups excluding carboxylic acids is 2. The molecule has 0 saturated heterocycles. The van der Waals surface area contributed by atoms with Crippen LogP contribution < -0.4 is 0 Å². The number of hydrogen-bond acceptors (Lipinski definition) is 4. The van der Waals surface area contributed by atoms with Crippen LogP contribution in [0.5, 0.6) is 0 Å². The zero-order valence-corrected chi connectivity index (χ0v) is 15.6. The molecule has 5 nitrogen and oxygen atoms in total. The van der Waals surface area contributed by atoms with Crippen LogP contribution in [0.25, 0.3) is 6.08 Å². The third-order valence-corrected chi connectivity index (χ3v) is 4.16. The fourth-order valence-electron chi connectivity index (χ4n) is 2.54. The molecular weight excluding hydrogens is 374 g/mol. The lowest BCUT2D eigenvalue weighted by Crippen LogP contribution is -2.28. The highest BCUT2D eigenvalue weighted by Crippen LogP contribution is 2.31. The summed E-state index contributed by atoms with van der Waals surface area (Å²) in [5.41, 5.74) is 2.09. The number of hydrogen-bond donors (Lipinski definition) is 0. The quantitative estimate of drug-likeness (QED) is 0.550. The van der Waals surface area contributed by atoms with E-state index in [2.05, 4.69) is 15.9 Å². The molecule has 0 fully saturated rings. The lowest BCUT2D eigenvalue weighted by Gasteiger charge is -2.16. The molecule has 0 atom stereocenters. The van der Waals surface area contributed by atoms with Crippen LogP contribution in [0.4, 0.5) is 0 Å². The van der Waals surface area contributed by atoms with E-state index >= 15 is 0 Å². The minimum Gasteiger partial charge on any atom is -0.462 e.